The highest BCUT2D eigenvalue weighted by molar-refractivity contribution is 7.85. The summed E-state index contributed by atoms with van der Waals surface area (Å²) in [5.41, 5.74) is 0.971. The minimum Gasteiger partial charge on any atom is -0.478 e. The molecule has 7 heteroatoms. The standard InChI is InChI=1S/C10H11NO5S/c12-10(13)7-3-6-1-2-11-5-8(6)9(4-7)17(14,15)16/h3-4,11H,1-2,5H2,(H,12,13)(H,14,15,16). The number of carboxylic acid groups (broad SMARTS) is 1. The van der Waals surface area contributed by atoms with E-state index in [0.29, 0.717) is 30.6 Å². The number of hydrogen-bond donors (Lipinski definition) is 3. The molecule has 1 aliphatic heterocycles. The van der Waals surface area contributed by atoms with Gasteiger partial charge < -0.3 is 10.4 Å². The van der Waals surface area contributed by atoms with Crippen LogP contribution in [0.15, 0.2) is 17.0 Å². The average molecular weight is 257 g/mol. The van der Waals surface area contributed by atoms with E-state index in [4.69, 9.17) is 9.66 Å². The molecule has 1 aromatic rings. The molecule has 0 unspecified atom stereocenters. The van der Waals surface area contributed by atoms with Crippen LogP contribution in [-0.4, -0.2) is 30.6 Å². The Kier molecular flexibility index (Phi) is 2.90. The zero-order valence-corrected chi connectivity index (χ0v) is 9.62. The highest BCUT2D eigenvalue weighted by Gasteiger charge is 2.23. The number of rotatable bonds is 2. The SMILES string of the molecule is O=C(O)c1cc2c(c(S(=O)(=O)O)c1)CNCC2. The first-order valence-corrected chi connectivity index (χ1v) is 6.41. The lowest BCUT2D eigenvalue weighted by Gasteiger charge is -2.19. The monoisotopic (exact) mass is 257 g/mol. The first-order chi connectivity index (χ1) is 7.89. The quantitative estimate of drug-likeness (QED) is 0.657. The second-order valence-corrected chi connectivity index (χ2v) is 5.21. The van der Waals surface area contributed by atoms with Crippen molar-refractivity contribution in [3.05, 3.63) is 28.8 Å². The van der Waals surface area contributed by atoms with Gasteiger partial charge in [-0.2, -0.15) is 8.42 Å². The minimum atomic E-state index is -4.40. The average Bonchev–Trinajstić information content (AvgIpc) is 2.26. The molecule has 0 spiro atoms. The van der Waals surface area contributed by atoms with Crippen LogP contribution in [0.3, 0.4) is 0 Å². The van der Waals surface area contributed by atoms with E-state index in [9.17, 15) is 13.2 Å². The first kappa shape index (κ1) is 12.0. The molecule has 1 aromatic carbocycles. The summed E-state index contributed by atoms with van der Waals surface area (Å²) in [4.78, 5) is 10.6. The molecule has 0 saturated heterocycles. The fraction of sp³-hybridized carbons (Fsp3) is 0.300. The number of benzene rings is 1. The first-order valence-electron chi connectivity index (χ1n) is 4.97. The Hall–Kier alpha value is -1.44. The lowest BCUT2D eigenvalue weighted by molar-refractivity contribution is 0.0696. The molecule has 0 bridgehead atoms. The number of fused-ring (bicyclic) bond motifs is 1. The Balaban J connectivity index is 2.71. The third kappa shape index (κ3) is 2.31. The van der Waals surface area contributed by atoms with E-state index in [1.165, 1.54) is 6.07 Å². The second-order valence-electron chi connectivity index (χ2n) is 3.82. The zero-order chi connectivity index (χ0) is 12.6. The molecule has 0 fully saturated rings. The molecular formula is C10H11NO5S. The molecule has 2 rings (SSSR count). The van der Waals surface area contributed by atoms with Gasteiger partial charge in [0.05, 0.1) is 10.5 Å². The van der Waals surface area contributed by atoms with Crippen molar-refractivity contribution in [2.24, 2.45) is 0 Å². The normalized spacial score (nSPS) is 15.4. The third-order valence-electron chi connectivity index (χ3n) is 2.70. The van der Waals surface area contributed by atoms with E-state index < -0.39 is 16.1 Å². The summed E-state index contributed by atoms with van der Waals surface area (Å²) in [5, 5.41) is 11.9. The summed E-state index contributed by atoms with van der Waals surface area (Å²) in [6.07, 6.45) is 0.541. The molecule has 0 amide bonds. The molecule has 0 aromatic heterocycles. The van der Waals surface area contributed by atoms with E-state index in [2.05, 4.69) is 5.32 Å². The minimum absolute atomic E-state index is 0.127. The summed E-state index contributed by atoms with van der Waals surface area (Å²) >= 11 is 0. The zero-order valence-electron chi connectivity index (χ0n) is 8.80. The molecule has 0 radical (unpaired) electrons. The van der Waals surface area contributed by atoms with Crippen molar-refractivity contribution in [3.63, 3.8) is 0 Å². The lowest BCUT2D eigenvalue weighted by atomic mass is 9.98. The van der Waals surface area contributed by atoms with Gasteiger partial charge >= 0.3 is 5.97 Å². The van der Waals surface area contributed by atoms with Crippen molar-refractivity contribution < 1.29 is 22.9 Å². The molecule has 1 aliphatic rings. The summed E-state index contributed by atoms with van der Waals surface area (Å²) in [7, 11) is -4.40. The van der Waals surface area contributed by atoms with Crippen LogP contribution in [0.1, 0.15) is 21.5 Å². The van der Waals surface area contributed by atoms with E-state index in [1.54, 1.807) is 0 Å². The van der Waals surface area contributed by atoms with Gasteiger partial charge in [0.2, 0.25) is 0 Å². The Labute approximate surface area is 98.0 Å². The maximum absolute atomic E-state index is 11.2. The summed E-state index contributed by atoms with van der Waals surface area (Å²) in [5.74, 6) is -1.21. The predicted molar refractivity (Wildman–Crippen MR) is 58.6 cm³/mol. The van der Waals surface area contributed by atoms with Crippen molar-refractivity contribution in [1.29, 1.82) is 0 Å². The molecule has 92 valence electrons. The molecule has 0 saturated carbocycles. The molecule has 0 aliphatic carbocycles. The lowest BCUT2D eigenvalue weighted by Crippen LogP contribution is -2.26. The van der Waals surface area contributed by atoms with Gasteiger partial charge in [-0.25, -0.2) is 4.79 Å². The van der Waals surface area contributed by atoms with Gasteiger partial charge in [-0.1, -0.05) is 0 Å². The Bertz CT molecular complexity index is 579. The van der Waals surface area contributed by atoms with Gasteiger partial charge in [0.15, 0.2) is 0 Å². The Morgan fingerprint density at radius 2 is 2.06 bits per heavy atom. The van der Waals surface area contributed by atoms with Crippen molar-refractivity contribution >= 4 is 16.1 Å². The smallest absolute Gasteiger partial charge is 0.335 e. The second kappa shape index (κ2) is 4.10. The van der Waals surface area contributed by atoms with Gasteiger partial charge in [-0.3, -0.25) is 4.55 Å². The van der Waals surface area contributed by atoms with Crippen LogP contribution in [0.25, 0.3) is 0 Å². The molecular weight excluding hydrogens is 246 g/mol. The topological polar surface area (TPSA) is 104 Å². The fourth-order valence-electron chi connectivity index (χ4n) is 1.92. The van der Waals surface area contributed by atoms with Gasteiger partial charge in [0.25, 0.3) is 10.1 Å². The molecule has 6 nitrogen and oxygen atoms in total. The summed E-state index contributed by atoms with van der Waals surface area (Å²) in [6.45, 7) is 0.964. The van der Waals surface area contributed by atoms with Gasteiger partial charge in [0, 0.05) is 6.54 Å². The van der Waals surface area contributed by atoms with Crippen molar-refractivity contribution in [2.75, 3.05) is 6.54 Å². The maximum atomic E-state index is 11.2. The number of hydrogen-bond acceptors (Lipinski definition) is 4. The fourth-order valence-corrected chi connectivity index (χ4v) is 2.71. The number of carbonyl (C=O) groups is 1. The van der Waals surface area contributed by atoms with Crippen LogP contribution in [0.5, 0.6) is 0 Å². The maximum Gasteiger partial charge on any atom is 0.335 e. The highest BCUT2D eigenvalue weighted by atomic mass is 32.2. The van der Waals surface area contributed by atoms with E-state index in [1.807, 2.05) is 0 Å². The summed E-state index contributed by atoms with van der Waals surface area (Å²) in [6, 6.07) is 2.44. The largest absolute Gasteiger partial charge is 0.478 e. The van der Waals surface area contributed by atoms with E-state index >= 15 is 0 Å². The van der Waals surface area contributed by atoms with Crippen LogP contribution in [-0.2, 0) is 23.1 Å². The van der Waals surface area contributed by atoms with Crippen LogP contribution in [0.4, 0.5) is 0 Å². The van der Waals surface area contributed by atoms with Gasteiger partial charge in [-0.05, 0) is 36.2 Å². The van der Waals surface area contributed by atoms with Crippen molar-refractivity contribution in [2.45, 2.75) is 17.9 Å². The Morgan fingerprint density at radius 3 is 2.65 bits per heavy atom. The third-order valence-corrected chi connectivity index (χ3v) is 3.62. The van der Waals surface area contributed by atoms with Crippen LogP contribution in [0.2, 0.25) is 0 Å². The summed E-state index contributed by atoms with van der Waals surface area (Å²) < 4.78 is 31.5. The molecule has 3 N–H and O–H groups in total. The van der Waals surface area contributed by atoms with Crippen molar-refractivity contribution in [1.82, 2.24) is 5.32 Å². The van der Waals surface area contributed by atoms with Crippen LogP contribution < -0.4 is 5.32 Å². The van der Waals surface area contributed by atoms with Crippen molar-refractivity contribution in [3.8, 4) is 0 Å². The highest BCUT2D eigenvalue weighted by Crippen LogP contribution is 2.24. The van der Waals surface area contributed by atoms with E-state index in [0.717, 1.165) is 6.07 Å². The number of nitrogens with one attached hydrogen (secondary N) is 1. The number of aromatic carboxylic acids is 1. The van der Waals surface area contributed by atoms with Crippen LogP contribution in [0, 0.1) is 0 Å². The predicted octanol–water partition coefficient (Wildman–Crippen LogP) is 0.277. The van der Waals surface area contributed by atoms with Gasteiger partial charge in [0.1, 0.15) is 0 Å². The Morgan fingerprint density at radius 1 is 1.35 bits per heavy atom. The van der Waals surface area contributed by atoms with E-state index in [-0.39, 0.29) is 10.5 Å². The van der Waals surface area contributed by atoms with Crippen LogP contribution >= 0.6 is 0 Å². The molecule has 1 heterocycles. The molecule has 17 heavy (non-hydrogen) atoms. The van der Waals surface area contributed by atoms with Gasteiger partial charge in [-0.15, -0.1) is 0 Å². The number of carboxylic acids is 1. The molecule has 0 atom stereocenters.